The van der Waals surface area contributed by atoms with Crippen LogP contribution in [0.15, 0.2) is 24.4 Å². The molecule has 1 aromatic carbocycles. The van der Waals surface area contributed by atoms with Crippen molar-refractivity contribution in [2.24, 2.45) is 0 Å². The molecule has 1 atom stereocenters. The number of anilines is 1. The fraction of sp³-hybridized carbons (Fsp3) is 0.133. The Labute approximate surface area is 124 Å². The highest BCUT2D eigenvalue weighted by atomic mass is 16.5. The van der Waals surface area contributed by atoms with Gasteiger partial charge in [0, 0.05) is 5.56 Å². The van der Waals surface area contributed by atoms with E-state index in [1.54, 1.807) is 0 Å². The van der Waals surface area contributed by atoms with E-state index in [0.29, 0.717) is 0 Å². The second kappa shape index (κ2) is 4.73. The summed E-state index contributed by atoms with van der Waals surface area (Å²) in [6, 6.07) is 0. The zero-order valence-electron chi connectivity index (χ0n) is 11.4. The van der Waals surface area contributed by atoms with E-state index in [0.717, 1.165) is 12.2 Å². The minimum Gasteiger partial charge on any atom is -0.507 e. The number of rotatable bonds is 1. The SMILES string of the molecule is COC(=O)C1C=CNc2c(O)c3c(c(O)c21)C(=O)C=CC3=O. The Morgan fingerprint density at radius 3 is 2.32 bits per heavy atom. The van der Waals surface area contributed by atoms with Crippen LogP contribution in [-0.2, 0) is 9.53 Å². The third-order valence-corrected chi connectivity index (χ3v) is 3.65. The van der Waals surface area contributed by atoms with Crippen molar-refractivity contribution in [1.82, 2.24) is 0 Å². The number of hydrogen-bond donors (Lipinski definition) is 3. The van der Waals surface area contributed by atoms with Crippen LogP contribution in [0, 0.1) is 0 Å². The monoisotopic (exact) mass is 301 g/mol. The standard InChI is InChI=1S/C15H11NO6/c1-22-15(21)6-4-5-16-12-9(6)13(19)10-7(17)2-3-8(18)11(10)14(12)20/h2-6,16,19-20H,1H3. The van der Waals surface area contributed by atoms with Crippen LogP contribution in [0.1, 0.15) is 32.2 Å². The molecule has 7 nitrogen and oxygen atoms in total. The maximum Gasteiger partial charge on any atom is 0.317 e. The molecule has 0 saturated carbocycles. The topological polar surface area (TPSA) is 113 Å². The molecule has 22 heavy (non-hydrogen) atoms. The first-order valence-corrected chi connectivity index (χ1v) is 6.37. The van der Waals surface area contributed by atoms with Crippen molar-refractivity contribution in [2.45, 2.75) is 5.92 Å². The molecule has 0 saturated heterocycles. The van der Waals surface area contributed by atoms with E-state index in [-0.39, 0.29) is 22.4 Å². The summed E-state index contributed by atoms with van der Waals surface area (Å²) >= 11 is 0. The highest BCUT2D eigenvalue weighted by molar-refractivity contribution is 6.25. The summed E-state index contributed by atoms with van der Waals surface area (Å²) in [5.41, 5.74) is -0.586. The number of aromatic hydroxyl groups is 2. The number of phenolic OH excluding ortho intramolecular Hbond substituents is 2. The number of nitrogens with one attached hydrogen (secondary N) is 1. The van der Waals surface area contributed by atoms with Gasteiger partial charge < -0.3 is 20.3 Å². The summed E-state index contributed by atoms with van der Waals surface area (Å²) in [6.45, 7) is 0. The second-order valence-corrected chi connectivity index (χ2v) is 4.80. The number of ketones is 2. The molecule has 0 aromatic heterocycles. The molecule has 2 aliphatic rings. The van der Waals surface area contributed by atoms with E-state index >= 15 is 0 Å². The molecule has 7 heteroatoms. The molecule has 0 bridgehead atoms. The van der Waals surface area contributed by atoms with Gasteiger partial charge in [-0.25, -0.2) is 0 Å². The second-order valence-electron chi connectivity index (χ2n) is 4.80. The largest absolute Gasteiger partial charge is 0.507 e. The minimum atomic E-state index is -0.994. The Balaban J connectivity index is 2.35. The smallest absolute Gasteiger partial charge is 0.317 e. The van der Waals surface area contributed by atoms with Crippen molar-refractivity contribution in [2.75, 3.05) is 12.4 Å². The molecule has 0 radical (unpaired) electrons. The summed E-state index contributed by atoms with van der Waals surface area (Å²) in [6.07, 6.45) is 4.84. The van der Waals surface area contributed by atoms with Gasteiger partial charge in [0.05, 0.1) is 23.9 Å². The van der Waals surface area contributed by atoms with E-state index in [2.05, 4.69) is 10.1 Å². The number of allylic oxidation sites excluding steroid dienone is 2. The van der Waals surface area contributed by atoms with Gasteiger partial charge in [-0.1, -0.05) is 0 Å². The molecule has 1 aliphatic heterocycles. The summed E-state index contributed by atoms with van der Waals surface area (Å²) in [4.78, 5) is 35.7. The average Bonchev–Trinajstić information content (AvgIpc) is 2.53. The van der Waals surface area contributed by atoms with Gasteiger partial charge in [0.15, 0.2) is 17.3 Å². The Morgan fingerprint density at radius 2 is 1.73 bits per heavy atom. The predicted molar refractivity (Wildman–Crippen MR) is 75.1 cm³/mol. The van der Waals surface area contributed by atoms with Gasteiger partial charge in [0.25, 0.3) is 0 Å². The summed E-state index contributed by atoms with van der Waals surface area (Å²) < 4.78 is 4.66. The van der Waals surface area contributed by atoms with Gasteiger partial charge in [0.2, 0.25) is 0 Å². The minimum absolute atomic E-state index is 0.00190. The van der Waals surface area contributed by atoms with Crippen LogP contribution in [0.25, 0.3) is 0 Å². The molecular formula is C15H11NO6. The molecule has 3 rings (SSSR count). The predicted octanol–water partition coefficient (Wildman–Crippen LogP) is 1.23. The Morgan fingerprint density at radius 1 is 1.14 bits per heavy atom. The number of hydrogen-bond acceptors (Lipinski definition) is 7. The van der Waals surface area contributed by atoms with Crippen LogP contribution in [0.5, 0.6) is 11.5 Å². The van der Waals surface area contributed by atoms with Gasteiger partial charge in [-0.2, -0.15) is 0 Å². The fourth-order valence-corrected chi connectivity index (χ4v) is 2.64. The molecule has 1 unspecified atom stereocenters. The Bertz CT molecular complexity index is 790. The lowest BCUT2D eigenvalue weighted by Gasteiger charge is -2.25. The van der Waals surface area contributed by atoms with Crippen molar-refractivity contribution in [3.05, 3.63) is 41.1 Å². The van der Waals surface area contributed by atoms with Crippen molar-refractivity contribution in [3.63, 3.8) is 0 Å². The van der Waals surface area contributed by atoms with Crippen molar-refractivity contribution < 1.29 is 29.3 Å². The molecular weight excluding hydrogens is 290 g/mol. The first-order valence-electron chi connectivity index (χ1n) is 6.37. The van der Waals surface area contributed by atoms with Gasteiger partial charge in [-0.15, -0.1) is 0 Å². The van der Waals surface area contributed by atoms with Crippen LogP contribution in [0.3, 0.4) is 0 Å². The lowest BCUT2D eigenvalue weighted by Crippen LogP contribution is -2.21. The van der Waals surface area contributed by atoms with Crippen LogP contribution < -0.4 is 5.32 Å². The van der Waals surface area contributed by atoms with Crippen LogP contribution >= 0.6 is 0 Å². The first kappa shape index (κ1) is 13.9. The van der Waals surface area contributed by atoms with Crippen LogP contribution in [0.2, 0.25) is 0 Å². The average molecular weight is 301 g/mol. The van der Waals surface area contributed by atoms with Gasteiger partial charge in [-0.3, -0.25) is 14.4 Å². The number of benzene rings is 1. The van der Waals surface area contributed by atoms with E-state index in [1.165, 1.54) is 19.4 Å². The van der Waals surface area contributed by atoms with Gasteiger partial charge in [0.1, 0.15) is 11.7 Å². The lowest BCUT2D eigenvalue weighted by molar-refractivity contribution is -0.141. The molecule has 1 heterocycles. The summed E-state index contributed by atoms with van der Waals surface area (Å²) in [5.74, 6) is -3.88. The normalized spacial score (nSPS) is 18.5. The van der Waals surface area contributed by atoms with Gasteiger partial charge >= 0.3 is 5.97 Å². The number of fused-ring (bicyclic) bond motifs is 2. The van der Waals surface area contributed by atoms with Crippen molar-refractivity contribution >= 4 is 23.2 Å². The van der Waals surface area contributed by atoms with E-state index in [4.69, 9.17) is 0 Å². The third-order valence-electron chi connectivity index (χ3n) is 3.65. The number of carbonyl (C=O) groups excluding carboxylic acids is 3. The molecule has 1 aromatic rings. The number of ether oxygens (including phenoxy) is 1. The maximum atomic E-state index is 12.0. The molecule has 0 spiro atoms. The number of phenols is 2. The maximum absolute atomic E-state index is 12.0. The zero-order valence-corrected chi connectivity index (χ0v) is 11.4. The van der Waals surface area contributed by atoms with Crippen molar-refractivity contribution in [1.29, 1.82) is 0 Å². The van der Waals surface area contributed by atoms with Gasteiger partial charge in [-0.05, 0) is 24.4 Å². The Kier molecular flexibility index (Phi) is 2.98. The molecule has 0 fully saturated rings. The quantitative estimate of drug-likeness (QED) is 0.406. The van der Waals surface area contributed by atoms with Crippen molar-refractivity contribution in [3.8, 4) is 11.5 Å². The number of esters is 1. The number of carbonyl (C=O) groups is 3. The molecule has 112 valence electrons. The summed E-state index contributed by atoms with van der Waals surface area (Å²) in [5, 5.41) is 23.4. The molecule has 0 amide bonds. The first-order chi connectivity index (χ1) is 10.5. The van der Waals surface area contributed by atoms with Crippen LogP contribution in [0.4, 0.5) is 5.69 Å². The highest BCUT2D eigenvalue weighted by Gasteiger charge is 2.37. The van der Waals surface area contributed by atoms with E-state index in [9.17, 15) is 24.6 Å². The zero-order chi connectivity index (χ0) is 16.0. The molecule has 1 aliphatic carbocycles. The summed E-state index contributed by atoms with van der Waals surface area (Å²) in [7, 11) is 1.19. The third kappa shape index (κ3) is 1.72. The van der Waals surface area contributed by atoms with E-state index < -0.39 is 35.0 Å². The Hall–Kier alpha value is -3.09. The highest BCUT2D eigenvalue weighted by Crippen LogP contribution is 2.48. The van der Waals surface area contributed by atoms with E-state index in [1.807, 2.05) is 0 Å². The fourth-order valence-electron chi connectivity index (χ4n) is 2.64. The number of methoxy groups -OCH3 is 1. The molecule has 3 N–H and O–H groups in total. The lowest BCUT2D eigenvalue weighted by atomic mass is 9.84. The van der Waals surface area contributed by atoms with Crippen LogP contribution in [-0.4, -0.2) is 34.9 Å².